The average molecular weight is 324 g/mol. The molecule has 0 atom stereocenters. The third-order valence-electron chi connectivity index (χ3n) is 4.01. The van der Waals surface area contributed by atoms with Crippen LogP contribution < -0.4 is 5.32 Å². The van der Waals surface area contributed by atoms with E-state index < -0.39 is 0 Å². The summed E-state index contributed by atoms with van der Waals surface area (Å²) in [6.45, 7) is 0.492. The average Bonchev–Trinajstić information content (AvgIpc) is 3.35. The monoisotopic (exact) mass is 324 g/mol. The van der Waals surface area contributed by atoms with Crippen molar-refractivity contribution in [3.63, 3.8) is 0 Å². The van der Waals surface area contributed by atoms with Crippen LogP contribution in [0.4, 0.5) is 5.82 Å². The van der Waals surface area contributed by atoms with E-state index in [-0.39, 0.29) is 5.97 Å². The molecule has 8 heteroatoms. The van der Waals surface area contributed by atoms with Crippen LogP contribution >= 0.6 is 0 Å². The molecule has 0 aromatic carbocycles. The minimum absolute atomic E-state index is 0.334. The number of H-pyrrole nitrogens is 1. The van der Waals surface area contributed by atoms with Crippen molar-refractivity contribution in [2.75, 3.05) is 12.4 Å². The molecule has 4 rings (SSSR count). The lowest BCUT2D eigenvalue weighted by molar-refractivity contribution is 0.0598. The molecule has 0 amide bonds. The van der Waals surface area contributed by atoms with Gasteiger partial charge in [0, 0.05) is 5.92 Å². The summed E-state index contributed by atoms with van der Waals surface area (Å²) < 4.78 is 4.84. The molecule has 0 aliphatic heterocycles. The van der Waals surface area contributed by atoms with E-state index in [0.29, 0.717) is 29.5 Å². The van der Waals surface area contributed by atoms with Gasteiger partial charge in [-0.2, -0.15) is 0 Å². The summed E-state index contributed by atoms with van der Waals surface area (Å²) in [6, 6.07) is 3.62. The Morgan fingerprint density at radius 2 is 2.21 bits per heavy atom. The Labute approximate surface area is 137 Å². The number of hydrogen-bond donors (Lipinski definition) is 2. The fourth-order valence-electron chi connectivity index (χ4n) is 2.64. The molecule has 122 valence electrons. The summed E-state index contributed by atoms with van der Waals surface area (Å²) in [4.78, 5) is 32.0. The van der Waals surface area contributed by atoms with Gasteiger partial charge in [-0.15, -0.1) is 0 Å². The van der Waals surface area contributed by atoms with Gasteiger partial charge < -0.3 is 15.0 Å². The fraction of sp³-hybridized carbons (Fsp3) is 0.312. The predicted molar refractivity (Wildman–Crippen MR) is 86.6 cm³/mol. The molecule has 0 saturated heterocycles. The maximum absolute atomic E-state index is 11.9. The lowest BCUT2D eigenvalue weighted by Gasteiger charge is -2.10. The molecule has 3 aromatic rings. The molecule has 8 nitrogen and oxygen atoms in total. The van der Waals surface area contributed by atoms with Crippen LogP contribution in [0.2, 0.25) is 0 Å². The summed E-state index contributed by atoms with van der Waals surface area (Å²) >= 11 is 0. The van der Waals surface area contributed by atoms with Crippen molar-refractivity contribution in [3.8, 4) is 0 Å². The van der Waals surface area contributed by atoms with Gasteiger partial charge in [0.2, 0.25) is 0 Å². The van der Waals surface area contributed by atoms with Crippen LogP contribution in [0.15, 0.2) is 24.8 Å². The Hall–Kier alpha value is -3.03. The van der Waals surface area contributed by atoms with Gasteiger partial charge in [-0.25, -0.2) is 19.7 Å². The van der Waals surface area contributed by atoms with E-state index in [2.05, 4.69) is 30.2 Å². The third kappa shape index (κ3) is 2.66. The van der Waals surface area contributed by atoms with E-state index in [9.17, 15) is 4.79 Å². The predicted octanol–water partition coefficient (Wildman–Crippen LogP) is 2.02. The summed E-state index contributed by atoms with van der Waals surface area (Å²) in [6.07, 6.45) is 5.18. The number of aromatic nitrogens is 5. The SMILES string of the molecule is COC(=O)c1ccc(CNc2ncnc3nc[nH]c23)nc1C1CC1. The van der Waals surface area contributed by atoms with E-state index in [1.165, 1.54) is 13.4 Å². The Bertz CT molecular complexity index is 902. The summed E-state index contributed by atoms with van der Waals surface area (Å²) in [5, 5.41) is 3.24. The number of imidazole rings is 1. The number of ether oxygens (including phenoxy) is 1. The highest BCUT2D eigenvalue weighted by molar-refractivity contribution is 5.90. The quantitative estimate of drug-likeness (QED) is 0.692. The van der Waals surface area contributed by atoms with Gasteiger partial charge >= 0.3 is 5.97 Å². The number of esters is 1. The zero-order valence-electron chi connectivity index (χ0n) is 13.1. The van der Waals surface area contributed by atoms with Gasteiger partial charge in [0.25, 0.3) is 0 Å². The molecule has 2 N–H and O–H groups in total. The number of anilines is 1. The lowest BCUT2D eigenvalue weighted by Crippen LogP contribution is -2.10. The lowest BCUT2D eigenvalue weighted by atomic mass is 10.1. The molecule has 1 saturated carbocycles. The van der Waals surface area contributed by atoms with E-state index in [1.807, 2.05) is 6.07 Å². The number of nitrogens with zero attached hydrogens (tertiary/aromatic N) is 4. The van der Waals surface area contributed by atoms with Crippen molar-refractivity contribution in [3.05, 3.63) is 41.7 Å². The Morgan fingerprint density at radius 3 is 3.00 bits per heavy atom. The van der Waals surface area contributed by atoms with Crippen molar-refractivity contribution in [1.29, 1.82) is 0 Å². The normalized spacial score (nSPS) is 13.9. The molecule has 3 aromatic heterocycles. The van der Waals surface area contributed by atoms with Crippen LogP contribution in [0, 0.1) is 0 Å². The van der Waals surface area contributed by atoms with Crippen LogP contribution in [-0.4, -0.2) is 38.0 Å². The second kappa shape index (κ2) is 5.88. The number of carbonyl (C=O) groups is 1. The van der Waals surface area contributed by atoms with E-state index >= 15 is 0 Å². The van der Waals surface area contributed by atoms with Gasteiger partial charge in [-0.05, 0) is 25.0 Å². The highest BCUT2D eigenvalue weighted by atomic mass is 16.5. The Kier molecular flexibility index (Phi) is 3.56. The van der Waals surface area contributed by atoms with E-state index in [4.69, 9.17) is 4.74 Å². The van der Waals surface area contributed by atoms with Crippen LogP contribution in [0.5, 0.6) is 0 Å². The maximum Gasteiger partial charge on any atom is 0.339 e. The van der Waals surface area contributed by atoms with Crippen molar-refractivity contribution in [2.45, 2.75) is 25.3 Å². The first-order valence-corrected chi connectivity index (χ1v) is 7.72. The van der Waals surface area contributed by atoms with Crippen LogP contribution in [0.3, 0.4) is 0 Å². The second-order valence-corrected chi connectivity index (χ2v) is 5.68. The topological polar surface area (TPSA) is 106 Å². The zero-order valence-corrected chi connectivity index (χ0v) is 13.1. The molecule has 1 aliphatic carbocycles. The molecular formula is C16H16N6O2. The number of fused-ring (bicyclic) bond motifs is 1. The van der Waals surface area contributed by atoms with Crippen LogP contribution in [0.1, 0.15) is 40.5 Å². The first-order valence-electron chi connectivity index (χ1n) is 7.72. The highest BCUT2D eigenvalue weighted by Gasteiger charge is 2.30. The number of rotatable bonds is 5. The molecule has 0 unspecified atom stereocenters. The standard InChI is InChI=1S/C16H16N6O2/c1-24-16(23)11-5-4-10(22-12(11)9-2-3-9)6-17-14-13-15(19-7-18-13)21-8-20-14/h4-5,7-9H,2-3,6H2,1H3,(H2,17,18,19,20,21). The number of methoxy groups -OCH3 is 1. The molecule has 1 aliphatic rings. The largest absolute Gasteiger partial charge is 0.465 e. The first-order chi connectivity index (χ1) is 11.8. The second-order valence-electron chi connectivity index (χ2n) is 5.68. The minimum Gasteiger partial charge on any atom is -0.465 e. The van der Waals surface area contributed by atoms with Crippen molar-refractivity contribution in [2.24, 2.45) is 0 Å². The van der Waals surface area contributed by atoms with E-state index in [1.54, 1.807) is 12.4 Å². The van der Waals surface area contributed by atoms with Gasteiger partial charge in [0.1, 0.15) is 11.8 Å². The molecule has 24 heavy (non-hydrogen) atoms. The van der Waals surface area contributed by atoms with Gasteiger partial charge in [0.05, 0.1) is 36.9 Å². The third-order valence-corrected chi connectivity index (χ3v) is 4.01. The number of nitrogens with one attached hydrogen (secondary N) is 2. The number of hydrogen-bond acceptors (Lipinski definition) is 7. The summed E-state index contributed by atoms with van der Waals surface area (Å²) in [5.74, 6) is 0.695. The van der Waals surface area contributed by atoms with E-state index in [0.717, 1.165) is 29.7 Å². The van der Waals surface area contributed by atoms with Gasteiger partial charge in [0.15, 0.2) is 11.5 Å². The Balaban J connectivity index is 1.57. The zero-order chi connectivity index (χ0) is 16.5. The highest BCUT2D eigenvalue weighted by Crippen LogP contribution is 2.40. The molecule has 0 radical (unpaired) electrons. The maximum atomic E-state index is 11.9. The fourth-order valence-corrected chi connectivity index (χ4v) is 2.64. The first kappa shape index (κ1) is 14.6. The summed E-state index contributed by atoms with van der Waals surface area (Å²) in [5.41, 5.74) is 3.60. The van der Waals surface area contributed by atoms with Crippen molar-refractivity contribution >= 4 is 23.0 Å². The summed E-state index contributed by atoms with van der Waals surface area (Å²) in [7, 11) is 1.39. The van der Waals surface area contributed by atoms with Crippen LogP contribution in [0.25, 0.3) is 11.2 Å². The van der Waals surface area contributed by atoms with Gasteiger partial charge in [-0.3, -0.25) is 4.98 Å². The number of carbonyl (C=O) groups excluding carboxylic acids is 1. The molecular weight excluding hydrogens is 308 g/mol. The minimum atomic E-state index is -0.334. The van der Waals surface area contributed by atoms with Crippen molar-refractivity contribution < 1.29 is 9.53 Å². The number of aromatic amines is 1. The van der Waals surface area contributed by atoms with Gasteiger partial charge in [-0.1, -0.05) is 0 Å². The van der Waals surface area contributed by atoms with Crippen molar-refractivity contribution in [1.82, 2.24) is 24.9 Å². The molecule has 3 heterocycles. The molecule has 0 bridgehead atoms. The van der Waals surface area contributed by atoms with Crippen LogP contribution in [-0.2, 0) is 11.3 Å². The smallest absolute Gasteiger partial charge is 0.339 e. The Morgan fingerprint density at radius 1 is 1.33 bits per heavy atom. The molecule has 0 spiro atoms. The number of pyridine rings is 1. The molecule has 1 fully saturated rings.